The molecule has 1 amide bonds. The summed E-state index contributed by atoms with van der Waals surface area (Å²) in [5.41, 5.74) is -0.381. The number of ether oxygens (including phenoxy) is 1. The van der Waals surface area contributed by atoms with Gasteiger partial charge < -0.3 is 15.0 Å². The molecule has 11 heteroatoms. The zero-order chi connectivity index (χ0) is 20.0. The molecule has 3 rings (SSSR count). The van der Waals surface area contributed by atoms with Crippen LogP contribution < -0.4 is 0 Å². The van der Waals surface area contributed by atoms with Crippen molar-refractivity contribution in [1.82, 2.24) is 9.88 Å². The van der Waals surface area contributed by atoms with Crippen LogP contribution in [0.1, 0.15) is 22.3 Å². The standard InChI is InChI=1S/C16H13Cl2F4N3O2/c17-10-3-15(5-23,11(10)27-7-16(21,22)14(19)20)6-25-4-9-8(13(25)26)1-2-24-12(9)18/h1-2,5,14,23H,3-4,6-7H2. The minimum Gasteiger partial charge on any atom is -0.489 e. The highest BCUT2D eigenvalue weighted by molar-refractivity contribution is 6.31. The molecular weight excluding hydrogens is 413 g/mol. The lowest BCUT2D eigenvalue weighted by molar-refractivity contribution is -0.161. The van der Waals surface area contributed by atoms with E-state index in [1.54, 1.807) is 0 Å². The molecule has 1 aliphatic heterocycles. The fraction of sp³-hybridized carbons (Fsp3) is 0.438. The lowest BCUT2D eigenvalue weighted by atomic mass is 9.74. The zero-order valence-electron chi connectivity index (χ0n) is 13.6. The van der Waals surface area contributed by atoms with Crippen molar-refractivity contribution in [3.63, 3.8) is 0 Å². The number of nitrogens with zero attached hydrogens (tertiary/aromatic N) is 2. The molecule has 1 atom stereocenters. The van der Waals surface area contributed by atoms with E-state index in [4.69, 9.17) is 33.3 Å². The highest BCUT2D eigenvalue weighted by Gasteiger charge is 2.50. The van der Waals surface area contributed by atoms with Crippen LogP contribution >= 0.6 is 23.2 Å². The summed E-state index contributed by atoms with van der Waals surface area (Å²) in [5, 5.41) is 7.89. The maximum Gasteiger partial charge on any atom is 0.340 e. The third-order valence-electron chi connectivity index (χ3n) is 4.52. The van der Waals surface area contributed by atoms with Crippen molar-refractivity contribution in [3.8, 4) is 0 Å². The predicted octanol–water partition coefficient (Wildman–Crippen LogP) is 4.10. The van der Waals surface area contributed by atoms with E-state index in [2.05, 4.69) is 4.98 Å². The van der Waals surface area contributed by atoms with E-state index >= 15 is 0 Å². The minimum absolute atomic E-state index is 0.0485. The Morgan fingerprint density at radius 3 is 2.70 bits per heavy atom. The lowest BCUT2D eigenvalue weighted by Crippen LogP contribution is -2.47. The van der Waals surface area contributed by atoms with Gasteiger partial charge in [-0.1, -0.05) is 23.2 Å². The first-order valence-electron chi connectivity index (χ1n) is 7.73. The van der Waals surface area contributed by atoms with Crippen LogP contribution in [0.25, 0.3) is 0 Å². The van der Waals surface area contributed by atoms with Crippen LogP contribution in [0.4, 0.5) is 17.6 Å². The van der Waals surface area contributed by atoms with Gasteiger partial charge in [0, 0.05) is 43.0 Å². The molecule has 1 aromatic rings. The third-order valence-corrected chi connectivity index (χ3v) is 5.15. The maximum atomic E-state index is 13.2. The molecule has 1 aromatic heterocycles. The zero-order valence-corrected chi connectivity index (χ0v) is 15.1. The van der Waals surface area contributed by atoms with Crippen molar-refractivity contribution in [1.29, 1.82) is 5.41 Å². The highest BCUT2D eigenvalue weighted by Crippen LogP contribution is 2.49. The number of amides is 1. The van der Waals surface area contributed by atoms with Crippen LogP contribution in [0.5, 0.6) is 0 Å². The molecule has 1 aliphatic carbocycles. The number of hydrogen-bond donors (Lipinski definition) is 1. The van der Waals surface area contributed by atoms with Crippen molar-refractivity contribution in [2.75, 3.05) is 13.2 Å². The number of aromatic nitrogens is 1. The Bertz CT molecular complexity index is 834. The number of rotatable bonds is 7. The summed E-state index contributed by atoms with van der Waals surface area (Å²) in [7, 11) is 0. The molecule has 0 aromatic carbocycles. The summed E-state index contributed by atoms with van der Waals surface area (Å²) < 4.78 is 55.8. The van der Waals surface area contributed by atoms with Gasteiger partial charge in [-0.2, -0.15) is 8.78 Å². The molecule has 2 heterocycles. The number of carbonyl (C=O) groups excluding carboxylic acids is 1. The Morgan fingerprint density at radius 2 is 2.15 bits per heavy atom. The van der Waals surface area contributed by atoms with Crippen LogP contribution in [0, 0.1) is 10.8 Å². The van der Waals surface area contributed by atoms with E-state index in [0.717, 1.165) is 6.21 Å². The maximum absolute atomic E-state index is 13.2. The van der Waals surface area contributed by atoms with Gasteiger partial charge in [0.1, 0.15) is 10.9 Å². The number of hydrogen-bond acceptors (Lipinski definition) is 4. The number of alkyl halides is 4. The smallest absolute Gasteiger partial charge is 0.340 e. The molecule has 0 bridgehead atoms. The molecule has 1 N–H and O–H groups in total. The lowest BCUT2D eigenvalue weighted by Gasteiger charge is -2.42. The van der Waals surface area contributed by atoms with Gasteiger partial charge in [0.2, 0.25) is 0 Å². The molecule has 0 spiro atoms. The second-order valence-electron chi connectivity index (χ2n) is 6.35. The Kier molecular flexibility index (Phi) is 5.11. The Hall–Kier alpha value is -1.87. The minimum atomic E-state index is -4.35. The van der Waals surface area contributed by atoms with E-state index in [9.17, 15) is 22.4 Å². The van der Waals surface area contributed by atoms with Gasteiger partial charge in [0.25, 0.3) is 5.91 Å². The van der Waals surface area contributed by atoms with Gasteiger partial charge in [-0.15, -0.1) is 0 Å². The molecule has 1 unspecified atom stereocenters. The van der Waals surface area contributed by atoms with E-state index in [0.29, 0.717) is 11.1 Å². The molecule has 0 radical (unpaired) electrons. The van der Waals surface area contributed by atoms with Crippen LogP contribution in [0.15, 0.2) is 23.1 Å². The monoisotopic (exact) mass is 425 g/mol. The average molecular weight is 426 g/mol. The normalized spacial score (nSPS) is 22.2. The highest BCUT2D eigenvalue weighted by atomic mass is 35.5. The SMILES string of the molecule is N=CC1(CN2Cc3c(ccnc3Cl)C2=O)CC(Cl)=C1OCC(F)(F)C(F)F. The summed E-state index contributed by atoms with van der Waals surface area (Å²) in [6.07, 6.45) is -1.52. The molecule has 146 valence electrons. The van der Waals surface area contributed by atoms with Gasteiger partial charge in [-0.05, 0) is 6.07 Å². The summed E-state index contributed by atoms with van der Waals surface area (Å²) in [6.45, 7) is -1.55. The third kappa shape index (κ3) is 3.38. The second kappa shape index (κ2) is 6.94. The fourth-order valence-electron chi connectivity index (χ4n) is 3.06. The molecular formula is C16H13Cl2F4N3O2. The van der Waals surface area contributed by atoms with Gasteiger partial charge in [0.05, 0.1) is 10.4 Å². The topological polar surface area (TPSA) is 66.3 Å². The second-order valence-corrected chi connectivity index (χ2v) is 7.17. The van der Waals surface area contributed by atoms with Crippen LogP contribution in [-0.4, -0.2) is 47.5 Å². The Labute approximate surface area is 161 Å². The van der Waals surface area contributed by atoms with Crippen molar-refractivity contribution in [3.05, 3.63) is 39.3 Å². The number of pyridine rings is 1. The molecule has 5 nitrogen and oxygen atoms in total. The Balaban J connectivity index is 1.77. The summed E-state index contributed by atoms with van der Waals surface area (Å²) in [6, 6.07) is 1.50. The number of fused-ring (bicyclic) bond motifs is 1. The van der Waals surface area contributed by atoms with Crippen molar-refractivity contribution >= 4 is 35.3 Å². The quantitative estimate of drug-likeness (QED) is 0.406. The number of halogens is 6. The van der Waals surface area contributed by atoms with Gasteiger partial charge in [-0.3, -0.25) is 4.79 Å². The fourth-order valence-corrected chi connectivity index (χ4v) is 3.76. The number of carbonyl (C=O) groups is 1. The van der Waals surface area contributed by atoms with Crippen molar-refractivity contribution in [2.45, 2.75) is 25.3 Å². The molecule has 0 saturated heterocycles. The summed E-state index contributed by atoms with van der Waals surface area (Å²) >= 11 is 11.9. The van der Waals surface area contributed by atoms with E-state index in [1.165, 1.54) is 17.2 Å². The molecule has 2 aliphatic rings. The van der Waals surface area contributed by atoms with E-state index < -0.39 is 24.4 Å². The average Bonchev–Trinajstić information content (AvgIpc) is 2.91. The number of nitrogens with one attached hydrogen (secondary N) is 1. The van der Waals surface area contributed by atoms with Gasteiger partial charge in [-0.25, -0.2) is 13.8 Å². The van der Waals surface area contributed by atoms with Crippen LogP contribution in [-0.2, 0) is 11.3 Å². The van der Waals surface area contributed by atoms with Gasteiger partial charge >= 0.3 is 12.3 Å². The molecule has 0 saturated carbocycles. The van der Waals surface area contributed by atoms with Gasteiger partial charge in [0.15, 0.2) is 6.61 Å². The van der Waals surface area contributed by atoms with Crippen LogP contribution in [0.2, 0.25) is 5.15 Å². The summed E-state index contributed by atoms with van der Waals surface area (Å²) in [5.74, 6) is -4.92. The first-order chi connectivity index (χ1) is 12.6. The first-order valence-corrected chi connectivity index (χ1v) is 8.49. The van der Waals surface area contributed by atoms with Crippen molar-refractivity contribution < 1.29 is 27.1 Å². The van der Waals surface area contributed by atoms with Crippen molar-refractivity contribution in [2.24, 2.45) is 5.41 Å². The first kappa shape index (κ1) is 19.9. The van der Waals surface area contributed by atoms with E-state index in [1.807, 2.05) is 0 Å². The Morgan fingerprint density at radius 1 is 1.44 bits per heavy atom. The molecule has 27 heavy (non-hydrogen) atoms. The van der Waals surface area contributed by atoms with Crippen LogP contribution in [0.3, 0.4) is 0 Å². The summed E-state index contributed by atoms with van der Waals surface area (Å²) in [4.78, 5) is 17.8. The molecule has 0 fully saturated rings. The van der Waals surface area contributed by atoms with E-state index in [-0.39, 0.29) is 41.4 Å². The predicted molar refractivity (Wildman–Crippen MR) is 89.6 cm³/mol. The number of allylic oxidation sites excluding steroid dienone is 1. The largest absolute Gasteiger partial charge is 0.489 e.